The van der Waals surface area contributed by atoms with Gasteiger partial charge in [-0.25, -0.2) is 0 Å². The second-order valence-electron chi connectivity index (χ2n) is 5.00. The van der Waals surface area contributed by atoms with Crippen LogP contribution in [-0.2, 0) is 11.3 Å². The predicted molar refractivity (Wildman–Crippen MR) is 72.1 cm³/mol. The topological polar surface area (TPSA) is 59.9 Å². The fraction of sp³-hybridized carbons (Fsp3) is 0.333. The van der Waals surface area contributed by atoms with Gasteiger partial charge in [0.15, 0.2) is 0 Å². The molecule has 96 valence electrons. The SMILES string of the molecule is N#CC1CCC(=O)N(Cc2c[nH]c3ccccc23)C1. The van der Waals surface area contributed by atoms with Gasteiger partial charge in [0.2, 0.25) is 5.91 Å². The highest BCUT2D eigenvalue weighted by Crippen LogP contribution is 2.23. The molecule has 1 saturated heterocycles. The van der Waals surface area contributed by atoms with E-state index in [4.69, 9.17) is 5.26 Å². The monoisotopic (exact) mass is 253 g/mol. The fourth-order valence-corrected chi connectivity index (χ4v) is 2.64. The van der Waals surface area contributed by atoms with Gasteiger partial charge in [0.1, 0.15) is 0 Å². The van der Waals surface area contributed by atoms with E-state index in [1.807, 2.05) is 24.4 Å². The Kier molecular flexibility index (Phi) is 2.96. The quantitative estimate of drug-likeness (QED) is 0.893. The molecule has 0 saturated carbocycles. The molecule has 1 aromatic heterocycles. The molecule has 1 atom stereocenters. The number of nitriles is 1. The smallest absolute Gasteiger partial charge is 0.222 e. The lowest BCUT2D eigenvalue weighted by molar-refractivity contribution is -0.134. The van der Waals surface area contributed by atoms with Crippen LogP contribution < -0.4 is 0 Å². The number of carbonyl (C=O) groups excluding carboxylic acids is 1. The Morgan fingerprint density at radius 3 is 3.11 bits per heavy atom. The van der Waals surface area contributed by atoms with Gasteiger partial charge in [-0.2, -0.15) is 5.26 Å². The number of hydrogen-bond donors (Lipinski definition) is 1. The van der Waals surface area contributed by atoms with Crippen LogP contribution in [0.2, 0.25) is 0 Å². The van der Waals surface area contributed by atoms with Crippen LogP contribution in [0.15, 0.2) is 30.5 Å². The number of benzene rings is 1. The molecule has 4 heteroatoms. The number of H-pyrrole nitrogens is 1. The molecule has 1 N–H and O–H groups in total. The van der Waals surface area contributed by atoms with Crippen molar-refractivity contribution in [2.45, 2.75) is 19.4 Å². The van der Waals surface area contributed by atoms with Crippen molar-refractivity contribution in [2.75, 3.05) is 6.54 Å². The van der Waals surface area contributed by atoms with E-state index in [-0.39, 0.29) is 11.8 Å². The van der Waals surface area contributed by atoms with Gasteiger partial charge in [-0.05, 0) is 18.1 Å². The second kappa shape index (κ2) is 4.77. The Hall–Kier alpha value is -2.28. The lowest BCUT2D eigenvalue weighted by Crippen LogP contribution is -2.38. The summed E-state index contributed by atoms with van der Waals surface area (Å²) in [5, 5.41) is 10.1. The van der Waals surface area contributed by atoms with Gasteiger partial charge in [-0.1, -0.05) is 18.2 Å². The minimum atomic E-state index is -0.0251. The summed E-state index contributed by atoms with van der Waals surface area (Å²) in [7, 11) is 0. The number of para-hydroxylation sites is 1. The Balaban J connectivity index is 1.84. The van der Waals surface area contributed by atoms with Crippen molar-refractivity contribution in [1.82, 2.24) is 9.88 Å². The molecule has 0 aliphatic carbocycles. The Morgan fingerprint density at radius 1 is 1.42 bits per heavy atom. The van der Waals surface area contributed by atoms with Crippen LogP contribution in [0.4, 0.5) is 0 Å². The molecule has 1 aromatic carbocycles. The summed E-state index contributed by atoms with van der Waals surface area (Å²) in [6.45, 7) is 1.13. The van der Waals surface area contributed by atoms with Crippen LogP contribution in [0, 0.1) is 17.2 Å². The van der Waals surface area contributed by atoms with Crippen molar-refractivity contribution in [3.63, 3.8) is 0 Å². The van der Waals surface area contributed by atoms with E-state index in [1.165, 1.54) is 0 Å². The Bertz CT molecular complexity index is 653. The number of nitrogens with zero attached hydrogens (tertiary/aromatic N) is 2. The van der Waals surface area contributed by atoms with Crippen LogP contribution >= 0.6 is 0 Å². The van der Waals surface area contributed by atoms with E-state index in [9.17, 15) is 4.79 Å². The van der Waals surface area contributed by atoms with Gasteiger partial charge in [0.05, 0.1) is 12.0 Å². The average molecular weight is 253 g/mol. The van der Waals surface area contributed by atoms with Crippen LogP contribution in [-0.4, -0.2) is 22.3 Å². The number of piperidine rings is 1. The zero-order valence-corrected chi connectivity index (χ0v) is 10.6. The number of likely N-dealkylation sites (tertiary alicyclic amines) is 1. The van der Waals surface area contributed by atoms with Gasteiger partial charge in [-0.15, -0.1) is 0 Å². The Morgan fingerprint density at radius 2 is 2.26 bits per heavy atom. The molecule has 1 fully saturated rings. The lowest BCUT2D eigenvalue weighted by Gasteiger charge is -2.29. The number of aromatic amines is 1. The number of nitrogens with one attached hydrogen (secondary N) is 1. The van der Waals surface area contributed by atoms with Crippen molar-refractivity contribution in [1.29, 1.82) is 5.26 Å². The van der Waals surface area contributed by atoms with Crippen LogP contribution in [0.3, 0.4) is 0 Å². The van der Waals surface area contributed by atoms with Crippen molar-refractivity contribution < 1.29 is 4.79 Å². The number of amides is 1. The average Bonchev–Trinajstić information content (AvgIpc) is 2.85. The Labute approximate surface area is 111 Å². The molecule has 19 heavy (non-hydrogen) atoms. The molecule has 0 bridgehead atoms. The number of carbonyl (C=O) groups is 1. The highest BCUT2D eigenvalue weighted by molar-refractivity contribution is 5.84. The molecule has 1 amide bonds. The maximum absolute atomic E-state index is 11.9. The molecule has 2 heterocycles. The van der Waals surface area contributed by atoms with E-state index >= 15 is 0 Å². The third-order valence-electron chi connectivity index (χ3n) is 3.72. The zero-order chi connectivity index (χ0) is 13.2. The van der Waals surface area contributed by atoms with E-state index < -0.39 is 0 Å². The molecular weight excluding hydrogens is 238 g/mol. The van der Waals surface area contributed by atoms with Crippen molar-refractivity contribution in [3.8, 4) is 6.07 Å². The van der Waals surface area contributed by atoms with E-state index in [0.717, 1.165) is 16.5 Å². The highest BCUT2D eigenvalue weighted by atomic mass is 16.2. The van der Waals surface area contributed by atoms with E-state index in [2.05, 4.69) is 17.1 Å². The van der Waals surface area contributed by atoms with Gasteiger partial charge in [-0.3, -0.25) is 4.79 Å². The zero-order valence-electron chi connectivity index (χ0n) is 10.6. The first-order valence-electron chi connectivity index (χ1n) is 6.50. The number of aromatic nitrogens is 1. The molecule has 3 rings (SSSR count). The number of fused-ring (bicyclic) bond motifs is 1. The highest BCUT2D eigenvalue weighted by Gasteiger charge is 2.25. The molecule has 0 spiro atoms. The normalized spacial score (nSPS) is 19.6. The number of rotatable bonds is 2. The molecule has 2 aromatic rings. The van der Waals surface area contributed by atoms with Gasteiger partial charge in [0.25, 0.3) is 0 Å². The van der Waals surface area contributed by atoms with Gasteiger partial charge in [0, 0.05) is 36.6 Å². The van der Waals surface area contributed by atoms with Gasteiger partial charge >= 0.3 is 0 Å². The summed E-state index contributed by atoms with van der Waals surface area (Å²) in [6, 6.07) is 10.3. The first kappa shape index (κ1) is 11.8. The summed E-state index contributed by atoms with van der Waals surface area (Å²) in [4.78, 5) is 16.9. The van der Waals surface area contributed by atoms with E-state index in [1.54, 1.807) is 4.90 Å². The first-order valence-corrected chi connectivity index (χ1v) is 6.50. The van der Waals surface area contributed by atoms with Crippen LogP contribution in [0.5, 0.6) is 0 Å². The molecular formula is C15H15N3O. The summed E-state index contributed by atoms with van der Waals surface area (Å²) in [6.07, 6.45) is 3.13. The maximum atomic E-state index is 11.9. The second-order valence-corrected chi connectivity index (χ2v) is 5.00. The molecule has 1 aliphatic rings. The minimum absolute atomic E-state index is 0.0251. The summed E-state index contributed by atoms with van der Waals surface area (Å²) in [5.74, 6) is 0.125. The largest absolute Gasteiger partial charge is 0.361 e. The molecule has 4 nitrogen and oxygen atoms in total. The van der Waals surface area contributed by atoms with Crippen molar-refractivity contribution in [3.05, 3.63) is 36.0 Å². The van der Waals surface area contributed by atoms with Crippen LogP contribution in [0.25, 0.3) is 10.9 Å². The lowest BCUT2D eigenvalue weighted by atomic mass is 9.98. The maximum Gasteiger partial charge on any atom is 0.222 e. The number of hydrogen-bond acceptors (Lipinski definition) is 2. The minimum Gasteiger partial charge on any atom is -0.361 e. The molecule has 1 aliphatic heterocycles. The third kappa shape index (κ3) is 2.19. The standard InChI is InChI=1S/C15H15N3O/c16-7-11-5-6-15(19)18(9-11)10-12-8-17-14-4-2-1-3-13(12)14/h1-4,8,11,17H,5-6,9-10H2. The van der Waals surface area contributed by atoms with Gasteiger partial charge < -0.3 is 9.88 Å². The summed E-state index contributed by atoms with van der Waals surface area (Å²) in [5.41, 5.74) is 2.20. The predicted octanol–water partition coefficient (Wildman–Crippen LogP) is 2.43. The van der Waals surface area contributed by atoms with E-state index in [0.29, 0.717) is 25.9 Å². The molecule has 0 radical (unpaired) electrons. The molecule has 1 unspecified atom stereocenters. The summed E-state index contributed by atoms with van der Waals surface area (Å²) < 4.78 is 0. The van der Waals surface area contributed by atoms with Crippen LogP contribution in [0.1, 0.15) is 18.4 Å². The first-order chi connectivity index (χ1) is 9.28. The van der Waals surface area contributed by atoms with Crippen molar-refractivity contribution in [2.24, 2.45) is 5.92 Å². The van der Waals surface area contributed by atoms with Crippen molar-refractivity contribution >= 4 is 16.8 Å². The third-order valence-corrected chi connectivity index (χ3v) is 3.72. The summed E-state index contributed by atoms with van der Waals surface area (Å²) >= 11 is 0. The fourth-order valence-electron chi connectivity index (χ4n) is 2.64.